The fraction of sp³-hybridized carbons (Fsp3) is 0.389. The van der Waals surface area contributed by atoms with E-state index in [-0.39, 0.29) is 12.1 Å². The third kappa shape index (κ3) is 4.65. The zero-order valence-corrected chi connectivity index (χ0v) is 13.5. The molecule has 4 heteroatoms. The Bertz CT molecular complexity index is 593. The molecular formula is C18H24N2O2. The molecule has 118 valence electrons. The molecule has 0 saturated carbocycles. The fourth-order valence-corrected chi connectivity index (χ4v) is 2.32. The van der Waals surface area contributed by atoms with E-state index in [1.54, 1.807) is 11.2 Å². The van der Waals surface area contributed by atoms with Crippen molar-refractivity contribution < 1.29 is 9.21 Å². The zero-order valence-electron chi connectivity index (χ0n) is 13.5. The van der Waals surface area contributed by atoms with Crippen LogP contribution in [0.2, 0.25) is 0 Å². The second kappa shape index (κ2) is 7.69. The number of amides is 2. The maximum Gasteiger partial charge on any atom is 0.317 e. The van der Waals surface area contributed by atoms with E-state index >= 15 is 0 Å². The Labute approximate surface area is 132 Å². The Hall–Kier alpha value is -2.23. The van der Waals surface area contributed by atoms with E-state index in [2.05, 4.69) is 24.4 Å². The summed E-state index contributed by atoms with van der Waals surface area (Å²) >= 11 is 0. The molecule has 22 heavy (non-hydrogen) atoms. The number of nitrogens with zero attached hydrogens (tertiary/aromatic N) is 1. The lowest BCUT2D eigenvalue weighted by Gasteiger charge is -2.22. The molecule has 0 radical (unpaired) electrons. The van der Waals surface area contributed by atoms with Crippen molar-refractivity contribution in [3.05, 3.63) is 59.5 Å². The van der Waals surface area contributed by atoms with Gasteiger partial charge in [0.1, 0.15) is 5.76 Å². The van der Waals surface area contributed by atoms with E-state index in [0.717, 1.165) is 18.6 Å². The first-order valence-electron chi connectivity index (χ1n) is 7.65. The predicted molar refractivity (Wildman–Crippen MR) is 87.7 cm³/mol. The number of hydrogen-bond acceptors (Lipinski definition) is 2. The molecule has 0 aliphatic rings. The molecule has 0 fully saturated rings. The Morgan fingerprint density at radius 3 is 2.73 bits per heavy atom. The van der Waals surface area contributed by atoms with Crippen LogP contribution in [-0.2, 0) is 13.0 Å². The number of benzene rings is 1. The smallest absolute Gasteiger partial charge is 0.317 e. The van der Waals surface area contributed by atoms with Gasteiger partial charge in [-0.05, 0) is 43.5 Å². The number of carbonyl (C=O) groups is 1. The van der Waals surface area contributed by atoms with Gasteiger partial charge in [0.2, 0.25) is 0 Å². The molecule has 2 aromatic rings. The summed E-state index contributed by atoms with van der Waals surface area (Å²) < 4.78 is 5.31. The first-order valence-corrected chi connectivity index (χ1v) is 7.65. The van der Waals surface area contributed by atoms with E-state index in [1.165, 1.54) is 11.1 Å². The second-order valence-electron chi connectivity index (χ2n) is 5.75. The molecule has 4 nitrogen and oxygen atoms in total. The normalized spacial score (nSPS) is 12.0. The molecule has 2 rings (SSSR count). The third-order valence-electron chi connectivity index (χ3n) is 3.79. The van der Waals surface area contributed by atoms with Crippen LogP contribution in [0.3, 0.4) is 0 Å². The van der Waals surface area contributed by atoms with E-state index in [4.69, 9.17) is 4.42 Å². The number of rotatable bonds is 6. The molecule has 0 aliphatic heterocycles. The average Bonchev–Trinajstić information content (AvgIpc) is 3.00. The monoisotopic (exact) mass is 300 g/mol. The number of hydrogen-bond donors (Lipinski definition) is 1. The summed E-state index contributed by atoms with van der Waals surface area (Å²) in [6.07, 6.45) is 3.36. The van der Waals surface area contributed by atoms with E-state index in [9.17, 15) is 4.79 Å². The van der Waals surface area contributed by atoms with Crippen molar-refractivity contribution in [3.63, 3.8) is 0 Å². The van der Waals surface area contributed by atoms with Crippen molar-refractivity contribution in [1.29, 1.82) is 0 Å². The molecule has 0 spiro atoms. The molecule has 2 amide bonds. The van der Waals surface area contributed by atoms with Crippen molar-refractivity contribution in [1.82, 2.24) is 10.2 Å². The number of furan rings is 1. The lowest BCUT2D eigenvalue weighted by Crippen LogP contribution is -2.41. The molecule has 0 bridgehead atoms. The summed E-state index contributed by atoms with van der Waals surface area (Å²) in [4.78, 5) is 13.9. The van der Waals surface area contributed by atoms with Crippen LogP contribution in [0.5, 0.6) is 0 Å². The second-order valence-corrected chi connectivity index (χ2v) is 5.75. The van der Waals surface area contributed by atoms with Gasteiger partial charge in [0.15, 0.2) is 0 Å². The zero-order chi connectivity index (χ0) is 15.9. The van der Waals surface area contributed by atoms with E-state index < -0.39 is 0 Å². The highest BCUT2D eigenvalue weighted by Crippen LogP contribution is 2.10. The lowest BCUT2D eigenvalue weighted by atomic mass is 10.1. The lowest BCUT2D eigenvalue weighted by molar-refractivity contribution is 0.202. The van der Waals surface area contributed by atoms with Gasteiger partial charge in [0.25, 0.3) is 0 Å². The van der Waals surface area contributed by atoms with Crippen LogP contribution in [0.4, 0.5) is 4.79 Å². The number of nitrogens with one attached hydrogen (secondary N) is 1. The number of aryl methyl sites for hydroxylation is 2. The van der Waals surface area contributed by atoms with E-state index in [0.29, 0.717) is 6.54 Å². The SMILES string of the molecule is Cc1ccccc1CN(C)C(=O)NC(C)CCc1ccco1. The molecule has 1 N–H and O–H groups in total. The van der Waals surface area contributed by atoms with Crippen LogP contribution in [0, 0.1) is 6.92 Å². The maximum absolute atomic E-state index is 12.2. The summed E-state index contributed by atoms with van der Waals surface area (Å²) in [6.45, 7) is 4.69. The quantitative estimate of drug-likeness (QED) is 0.883. The molecule has 1 unspecified atom stereocenters. The largest absolute Gasteiger partial charge is 0.469 e. The molecule has 1 aromatic carbocycles. The summed E-state index contributed by atoms with van der Waals surface area (Å²) in [7, 11) is 1.82. The summed E-state index contributed by atoms with van der Waals surface area (Å²) in [5.41, 5.74) is 2.37. The summed E-state index contributed by atoms with van der Waals surface area (Å²) in [6, 6.07) is 12.0. The standard InChI is InChI=1S/C18H24N2O2/c1-14-7-4-5-8-16(14)13-20(3)18(21)19-15(2)10-11-17-9-6-12-22-17/h4-9,12,15H,10-11,13H2,1-3H3,(H,19,21). The van der Waals surface area contributed by atoms with Crippen LogP contribution in [0.15, 0.2) is 47.1 Å². The van der Waals surface area contributed by atoms with Gasteiger partial charge in [-0.1, -0.05) is 24.3 Å². The number of carbonyl (C=O) groups excluding carboxylic acids is 1. The van der Waals surface area contributed by atoms with E-state index in [1.807, 2.05) is 38.2 Å². The molecule has 0 aliphatic carbocycles. The Kier molecular flexibility index (Phi) is 5.64. The van der Waals surface area contributed by atoms with Crippen LogP contribution < -0.4 is 5.32 Å². The van der Waals surface area contributed by atoms with Crippen LogP contribution in [0.25, 0.3) is 0 Å². The van der Waals surface area contributed by atoms with Gasteiger partial charge in [0.05, 0.1) is 6.26 Å². The fourth-order valence-electron chi connectivity index (χ4n) is 2.32. The van der Waals surface area contributed by atoms with Crippen molar-refractivity contribution in [2.24, 2.45) is 0 Å². The van der Waals surface area contributed by atoms with Gasteiger partial charge in [-0.3, -0.25) is 0 Å². The summed E-state index contributed by atoms with van der Waals surface area (Å²) in [5, 5.41) is 3.03. The molecule has 1 atom stereocenters. The van der Waals surface area contributed by atoms with Crippen LogP contribution >= 0.6 is 0 Å². The van der Waals surface area contributed by atoms with Gasteiger partial charge < -0.3 is 14.6 Å². The highest BCUT2D eigenvalue weighted by molar-refractivity contribution is 5.74. The predicted octanol–water partition coefficient (Wildman–Crippen LogP) is 3.75. The van der Waals surface area contributed by atoms with Gasteiger partial charge in [0, 0.05) is 26.1 Å². The van der Waals surface area contributed by atoms with Crippen LogP contribution in [0.1, 0.15) is 30.2 Å². The minimum absolute atomic E-state index is 0.0461. The van der Waals surface area contributed by atoms with Crippen molar-refractivity contribution in [2.45, 2.75) is 39.3 Å². The average molecular weight is 300 g/mol. The Morgan fingerprint density at radius 1 is 1.27 bits per heavy atom. The molecule has 0 saturated heterocycles. The topological polar surface area (TPSA) is 45.5 Å². The van der Waals surface area contributed by atoms with Gasteiger partial charge in [-0.25, -0.2) is 4.79 Å². The Balaban J connectivity index is 1.79. The minimum atomic E-state index is -0.0461. The highest BCUT2D eigenvalue weighted by atomic mass is 16.3. The van der Waals surface area contributed by atoms with Crippen molar-refractivity contribution in [3.8, 4) is 0 Å². The first kappa shape index (κ1) is 16.1. The van der Waals surface area contributed by atoms with Crippen molar-refractivity contribution >= 4 is 6.03 Å². The van der Waals surface area contributed by atoms with Gasteiger partial charge in [-0.2, -0.15) is 0 Å². The first-order chi connectivity index (χ1) is 10.6. The Morgan fingerprint density at radius 2 is 2.05 bits per heavy atom. The van der Waals surface area contributed by atoms with Crippen molar-refractivity contribution in [2.75, 3.05) is 7.05 Å². The maximum atomic E-state index is 12.2. The highest BCUT2D eigenvalue weighted by Gasteiger charge is 2.13. The molecular weight excluding hydrogens is 276 g/mol. The van der Waals surface area contributed by atoms with Gasteiger partial charge in [-0.15, -0.1) is 0 Å². The van der Waals surface area contributed by atoms with Crippen LogP contribution in [-0.4, -0.2) is 24.0 Å². The molecule has 1 heterocycles. The summed E-state index contributed by atoms with van der Waals surface area (Å²) in [5.74, 6) is 0.953. The third-order valence-corrected chi connectivity index (χ3v) is 3.79. The van der Waals surface area contributed by atoms with Gasteiger partial charge >= 0.3 is 6.03 Å². The minimum Gasteiger partial charge on any atom is -0.469 e. The molecule has 1 aromatic heterocycles. The number of urea groups is 1.